The van der Waals surface area contributed by atoms with Gasteiger partial charge in [-0.25, -0.2) is 0 Å². The van der Waals surface area contributed by atoms with Crippen LogP contribution in [0.4, 0.5) is 0 Å². The second kappa shape index (κ2) is 6.20. The van der Waals surface area contributed by atoms with E-state index in [1.54, 1.807) is 42.5 Å². The Morgan fingerprint density at radius 2 is 1.04 bits per heavy atom. The predicted octanol–water partition coefficient (Wildman–Crippen LogP) is 1.85. The van der Waals surface area contributed by atoms with Crippen molar-refractivity contribution in [1.29, 1.82) is 0 Å². The van der Waals surface area contributed by atoms with Crippen LogP contribution in [0.15, 0.2) is 54.6 Å². The topological polar surface area (TPSA) is 77.5 Å². The first-order chi connectivity index (χ1) is 11.5. The van der Waals surface area contributed by atoms with E-state index in [1.807, 2.05) is 0 Å². The fraction of sp³-hybridized carbons (Fsp3) is 0.158. The summed E-state index contributed by atoms with van der Waals surface area (Å²) in [6.45, 7) is 0. The Kier molecular flexibility index (Phi) is 4.08. The van der Waals surface area contributed by atoms with Crippen molar-refractivity contribution in [2.75, 3.05) is 7.11 Å². The van der Waals surface area contributed by atoms with Gasteiger partial charge in [0.15, 0.2) is 0 Å². The first-order valence-electron chi connectivity index (χ1n) is 7.39. The number of carbonyl (C=O) groups excluding carboxylic acids is 4. The Labute approximate surface area is 138 Å². The van der Waals surface area contributed by atoms with Gasteiger partial charge in [-0.3, -0.25) is 19.2 Å². The number of benzene rings is 2. The van der Waals surface area contributed by atoms with E-state index in [2.05, 4.69) is 0 Å². The molecule has 1 aliphatic carbocycles. The molecule has 1 fully saturated rings. The summed E-state index contributed by atoms with van der Waals surface area (Å²) in [7, 11) is 1.49. The van der Waals surface area contributed by atoms with E-state index in [4.69, 9.17) is 4.74 Å². The second-order valence-electron chi connectivity index (χ2n) is 5.51. The molecule has 120 valence electrons. The van der Waals surface area contributed by atoms with Gasteiger partial charge in [0, 0.05) is 0 Å². The number of methoxy groups -OCH3 is 1. The summed E-state index contributed by atoms with van der Waals surface area (Å²) in [6, 6.07) is 14.4. The molecule has 0 aliphatic heterocycles. The van der Waals surface area contributed by atoms with Gasteiger partial charge in [0.2, 0.25) is 23.1 Å². The highest BCUT2D eigenvalue weighted by atomic mass is 16.5. The van der Waals surface area contributed by atoms with Crippen LogP contribution in [0.2, 0.25) is 0 Å². The molecule has 3 rings (SSSR count). The summed E-state index contributed by atoms with van der Waals surface area (Å²) >= 11 is 0. The van der Waals surface area contributed by atoms with Gasteiger partial charge in [-0.05, 0) is 23.3 Å². The highest BCUT2D eigenvalue weighted by Crippen LogP contribution is 2.32. The number of hydrogen-bond donors (Lipinski definition) is 0. The molecule has 0 amide bonds. The maximum absolute atomic E-state index is 12.5. The lowest BCUT2D eigenvalue weighted by atomic mass is 9.72. The van der Waals surface area contributed by atoms with Crippen molar-refractivity contribution in [3.8, 4) is 5.75 Å². The van der Waals surface area contributed by atoms with Crippen LogP contribution in [-0.2, 0) is 19.2 Å². The zero-order chi connectivity index (χ0) is 17.3. The first kappa shape index (κ1) is 15.8. The van der Waals surface area contributed by atoms with Gasteiger partial charge in [0.1, 0.15) is 17.6 Å². The molecule has 0 atom stereocenters. The molecule has 0 spiro atoms. The van der Waals surface area contributed by atoms with E-state index in [-0.39, 0.29) is 0 Å². The normalized spacial score (nSPS) is 21.0. The van der Waals surface area contributed by atoms with Crippen LogP contribution >= 0.6 is 0 Å². The van der Waals surface area contributed by atoms with Crippen molar-refractivity contribution in [1.82, 2.24) is 0 Å². The van der Waals surface area contributed by atoms with Gasteiger partial charge >= 0.3 is 0 Å². The van der Waals surface area contributed by atoms with Crippen LogP contribution < -0.4 is 4.74 Å². The summed E-state index contributed by atoms with van der Waals surface area (Å²) in [5, 5.41) is 0. The predicted molar refractivity (Wildman–Crippen MR) is 84.9 cm³/mol. The van der Waals surface area contributed by atoms with Gasteiger partial charge in [0.05, 0.1) is 7.11 Å². The van der Waals surface area contributed by atoms with Crippen LogP contribution in [0.25, 0.3) is 0 Å². The van der Waals surface area contributed by atoms with E-state index < -0.39 is 35.0 Å². The highest BCUT2D eigenvalue weighted by Gasteiger charge is 2.49. The molecular weight excluding hydrogens is 308 g/mol. The third-order valence-electron chi connectivity index (χ3n) is 4.12. The van der Waals surface area contributed by atoms with Crippen molar-refractivity contribution in [3.05, 3.63) is 65.7 Å². The summed E-state index contributed by atoms with van der Waals surface area (Å²) in [4.78, 5) is 49.8. The number of ketones is 4. The molecule has 2 aromatic rings. The summed E-state index contributed by atoms with van der Waals surface area (Å²) in [5.41, 5.74) is 0.682. The average molecular weight is 322 g/mol. The number of hydrogen-bond acceptors (Lipinski definition) is 5. The number of rotatable bonds is 3. The minimum Gasteiger partial charge on any atom is -0.497 e. The highest BCUT2D eigenvalue weighted by molar-refractivity contribution is 6.63. The zero-order valence-corrected chi connectivity index (χ0v) is 12.9. The van der Waals surface area contributed by atoms with Gasteiger partial charge in [-0.1, -0.05) is 42.5 Å². The molecule has 0 unspecified atom stereocenters. The van der Waals surface area contributed by atoms with Crippen LogP contribution in [0.1, 0.15) is 23.0 Å². The van der Waals surface area contributed by atoms with E-state index in [1.165, 1.54) is 19.2 Å². The number of Topliss-reactive ketones (excluding diaryl/α,β-unsaturated/α-hetero) is 4. The van der Waals surface area contributed by atoms with Crippen molar-refractivity contribution in [3.63, 3.8) is 0 Å². The SMILES string of the molecule is COc1ccc(C2C(=O)C(=O)C(c3ccccc3)C(=O)C2=O)cc1. The van der Waals surface area contributed by atoms with E-state index in [0.717, 1.165) is 0 Å². The fourth-order valence-corrected chi connectivity index (χ4v) is 2.85. The fourth-order valence-electron chi connectivity index (χ4n) is 2.85. The molecule has 5 nitrogen and oxygen atoms in total. The smallest absolute Gasteiger partial charge is 0.214 e. The van der Waals surface area contributed by atoms with Crippen LogP contribution in [0, 0.1) is 0 Å². The van der Waals surface area contributed by atoms with Crippen molar-refractivity contribution in [2.24, 2.45) is 0 Å². The average Bonchev–Trinajstić information content (AvgIpc) is 2.62. The molecule has 5 heteroatoms. The summed E-state index contributed by atoms with van der Waals surface area (Å²) in [5.74, 6) is -5.53. The monoisotopic (exact) mass is 322 g/mol. The van der Waals surface area contributed by atoms with E-state index >= 15 is 0 Å². The second-order valence-corrected chi connectivity index (χ2v) is 5.51. The molecular formula is C19H14O5. The molecule has 1 aliphatic rings. The molecule has 0 aromatic heterocycles. The van der Waals surface area contributed by atoms with Gasteiger partial charge in [-0.15, -0.1) is 0 Å². The Hall–Kier alpha value is -3.08. The number of carbonyl (C=O) groups is 4. The van der Waals surface area contributed by atoms with Gasteiger partial charge < -0.3 is 4.74 Å². The van der Waals surface area contributed by atoms with E-state index in [0.29, 0.717) is 16.9 Å². The maximum atomic E-state index is 12.5. The summed E-state index contributed by atoms with van der Waals surface area (Å²) in [6.07, 6.45) is 0. The van der Waals surface area contributed by atoms with E-state index in [9.17, 15) is 19.2 Å². The van der Waals surface area contributed by atoms with Crippen LogP contribution in [0.3, 0.4) is 0 Å². The third kappa shape index (κ3) is 2.54. The molecule has 0 N–H and O–H groups in total. The molecule has 24 heavy (non-hydrogen) atoms. The van der Waals surface area contributed by atoms with Gasteiger partial charge in [-0.2, -0.15) is 0 Å². The van der Waals surface area contributed by atoms with Crippen molar-refractivity contribution >= 4 is 23.1 Å². The van der Waals surface area contributed by atoms with Crippen LogP contribution in [0.5, 0.6) is 5.75 Å². The Balaban J connectivity index is 1.98. The quantitative estimate of drug-likeness (QED) is 0.636. The standard InChI is InChI=1S/C19H14O5/c1-24-13-9-7-12(8-10-13)15-18(22)16(20)14(17(21)19(15)23)11-5-3-2-4-6-11/h2-10,14-15H,1H3. The lowest BCUT2D eigenvalue weighted by Crippen LogP contribution is -2.46. The lowest BCUT2D eigenvalue weighted by molar-refractivity contribution is -0.151. The Bertz CT molecular complexity index is 793. The van der Waals surface area contributed by atoms with Gasteiger partial charge in [0.25, 0.3) is 0 Å². The molecule has 0 saturated heterocycles. The largest absolute Gasteiger partial charge is 0.497 e. The lowest BCUT2D eigenvalue weighted by Gasteiger charge is -2.24. The van der Waals surface area contributed by atoms with Crippen LogP contribution in [-0.4, -0.2) is 30.2 Å². The minimum atomic E-state index is -1.36. The molecule has 1 saturated carbocycles. The Morgan fingerprint density at radius 3 is 1.46 bits per heavy atom. The molecule has 2 aromatic carbocycles. The van der Waals surface area contributed by atoms with Crippen molar-refractivity contribution in [2.45, 2.75) is 11.8 Å². The molecule has 0 bridgehead atoms. The first-order valence-corrected chi connectivity index (χ1v) is 7.39. The zero-order valence-electron chi connectivity index (χ0n) is 12.9. The Morgan fingerprint density at radius 1 is 0.625 bits per heavy atom. The minimum absolute atomic E-state index is 0.319. The van der Waals surface area contributed by atoms with Crippen molar-refractivity contribution < 1.29 is 23.9 Å². The molecule has 0 heterocycles. The number of ether oxygens (including phenoxy) is 1. The third-order valence-corrected chi connectivity index (χ3v) is 4.12. The molecule has 0 radical (unpaired) electrons. The summed E-state index contributed by atoms with van der Waals surface area (Å²) < 4.78 is 5.02. The maximum Gasteiger partial charge on any atom is 0.214 e.